The Morgan fingerprint density at radius 3 is 2.76 bits per heavy atom. The van der Waals surface area contributed by atoms with Gasteiger partial charge in [-0.1, -0.05) is 42.5 Å². The summed E-state index contributed by atoms with van der Waals surface area (Å²) in [5, 5.41) is 5.48. The van der Waals surface area contributed by atoms with Gasteiger partial charge in [0.25, 0.3) is 0 Å². The van der Waals surface area contributed by atoms with E-state index in [4.69, 9.17) is 0 Å². The number of benzene rings is 2. The van der Waals surface area contributed by atoms with Gasteiger partial charge in [-0.25, -0.2) is 4.39 Å². The van der Waals surface area contributed by atoms with Gasteiger partial charge in [0, 0.05) is 13.0 Å². The van der Waals surface area contributed by atoms with E-state index in [0.29, 0.717) is 19.4 Å². The van der Waals surface area contributed by atoms with Crippen LogP contribution >= 0.6 is 0 Å². The van der Waals surface area contributed by atoms with Crippen LogP contribution in [0.5, 0.6) is 0 Å². The van der Waals surface area contributed by atoms with Crippen molar-refractivity contribution >= 4 is 10.8 Å². The van der Waals surface area contributed by atoms with Gasteiger partial charge in [0.05, 0.1) is 0 Å². The largest absolute Gasteiger partial charge is 0.313 e. The van der Waals surface area contributed by atoms with Crippen LogP contribution in [0.2, 0.25) is 0 Å². The first-order valence-corrected chi connectivity index (χ1v) is 6.13. The molecule has 0 amide bonds. The van der Waals surface area contributed by atoms with Crippen LogP contribution in [0.1, 0.15) is 12.0 Å². The number of nitrogens with one attached hydrogen (secondary N) is 1. The van der Waals surface area contributed by atoms with Crippen molar-refractivity contribution in [3.63, 3.8) is 0 Å². The summed E-state index contributed by atoms with van der Waals surface area (Å²) in [5.74, 6) is 0. The fraction of sp³-hybridized carbons (Fsp3) is 0.333. The molecule has 1 aliphatic heterocycles. The second-order valence-electron chi connectivity index (χ2n) is 4.89. The molecule has 1 heterocycles. The molecule has 1 saturated heterocycles. The molecule has 0 radical (unpaired) electrons. The van der Waals surface area contributed by atoms with Crippen molar-refractivity contribution in [2.75, 3.05) is 13.1 Å². The van der Waals surface area contributed by atoms with Crippen LogP contribution in [0.25, 0.3) is 10.8 Å². The summed E-state index contributed by atoms with van der Waals surface area (Å²) in [6.07, 6.45) is 1.14. The predicted molar refractivity (Wildman–Crippen MR) is 69.0 cm³/mol. The number of fused-ring (bicyclic) bond motifs is 1. The average Bonchev–Trinajstić information content (AvgIpc) is 2.76. The minimum absolute atomic E-state index is 0.482. The Morgan fingerprint density at radius 1 is 1.12 bits per heavy atom. The Morgan fingerprint density at radius 2 is 1.94 bits per heavy atom. The van der Waals surface area contributed by atoms with Gasteiger partial charge in [0.15, 0.2) is 0 Å². The van der Waals surface area contributed by atoms with Crippen molar-refractivity contribution in [3.05, 3.63) is 48.0 Å². The zero-order valence-corrected chi connectivity index (χ0v) is 9.75. The minimum atomic E-state index is -1.07. The first kappa shape index (κ1) is 10.7. The summed E-state index contributed by atoms with van der Waals surface area (Å²) in [6, 6.07) is 14.3. The molecule has 2 aromatic carbocycles. The molecule has 1 atom stereocenters. The summed E-state index contributed by atoms with van der Waals surface area (Å²) >= 11 is 0. The highest BCUT2D eigenvalue weighted by Crippen LogP contribution is 2.28. The van der Waals surface area contributed by atoms with Crippen molar-refractivity contribution in [2.24, 2.45) is 0 Å². The van der Waals surface area contributed by atoms with E-state index in [1.54, 1.807) is 0 Å². The Bertz CT molecular complexity index is 524. The van der Waals surface area contributed by atoms with Crippen LogP contribution in [0.4, 0.5) is 4.39 Å². The standard InChI is InChI=1S/C15H16FN/c16-15(8-9-17-11-15)10-13-6-3-5-12-4-1-2-7-14(12)13/h1-7,17H,8-11H2. The summed E-state index contributed by atoms with van der Waals surface area (Å²) < 4.78 is 14.5. The Balaban J connectivity index is 2.00. The van der Waals surface area contributed by atoms with E-state index < -0.39 is 5.67 Å². The Kier molecular flexibility index (Phi) is 2.60. The van der Waals surface area contributed by atoms with Crippen LogP contribution in [0.15, 0.2) is 42.5 Å². The molecule has 1 fully saturated rings. The molecule has 1 unspecified atom stereocenters. The fourth-order valence-corrected chi connectivity index (χ4v) is 2.65. The van der Waals surface area contributed by atoms with Crippen LogP contribution in [0, 0.1) is 0 Å². The first-order valence-electron chi connectivity index (χ1n) is 6.13. The number of hydrogen-bond acceptors (Lipinski definition) is 1. The monoisotopic (exact) mass is 229 g/mol. The van der Waals surface area contributed by atoms with Crippen LogP contribution in [0.3, 0.4) is 0 Å². The normalized spacial score (nSPS) is 24.3. The lowest BCUT2D eigenvalue weighted by atomic mass is 9.92. The van der Waals surface area contributed by atoms with Gasteiger partial charge in [-0.2, -0.15) is 0 Å². The maximum absolute atomic E-state index is 14.5. The van der Waals surface area contributed by atoms with Gasteiger partial charge in [-0.15, -0.1) is 0 Å². The molecular formula is C15H16FN. The topological polar surface area (TPSA) is 12.0 Å². The number of alkyl halides is 1. The van der Waals surface area contributed by atoms with Crippen molar-refractivity contribution < 1.29 is 4.39 Å². The third kappa shape index (κ3) is 2.05. The maximum atomic E-state index is 14.5. The quantitative estimate of drug-likeness (QED) is 0.834. The van der Waals surface area contributed by atoms with Crippen molar-refractivity contribution in [1.82, 2.24) is 5.32 Å². The summed E-state index contributed by atoms with van der Waals surface area (Å²) in [7, 11) is 0. The third-order valence-electron chi connectivity index (χ3n) is 3.58. The fourth-order valence-electron chi connectivity index (χ4n) is 2.65. The van der Waals surface area contributed by atoms with E-state index >= 15 is 0 Å². The molecule has 88 valence electrons. The highest BCUT2D eigenvalue weighted by atomic mass is 19.1. The molecule has 1 nitrogen and oxygen atoms in total. The third-order valence-corrected chi connectivity index (χ3v) is 3.58. The molecule has 1 aliphatic rings. The van der Waals surface area contributed by atoms with Crippen LogP contribution < -0.4 is 5.32 Å². The van der Waals surface area contributed by atoms with Gasteiger partial charge < -0.3 is 5.32 Å². The molecule has 0 saturated carbocycles. The predicted octanol–water partition coefficient (Wildman–Crippen LogP) is 3.08. The number of rotatable bonds is 2. The van der Waals surface area contributed by atoms with Gasteiger partial charge in [-0.05, 0) is 29.3 Å². The maximum Gasteiger partial charge on any atom is 0.128 e. The summed E-state index contributed by atoms with van der Waals surface area (Å²) in [6.45, 7) is 1.28. The molecule has 17 heavy (non-hydrogen) atoms. The molecule has 0 spiro atoms. The first-order chi connectivity index (χ1) is 8.27. The Hall–Kier alpha value is -1.41. The molecule has 2 heteroatoms. The van der Waals surface area contributed by atoms with E-state index in [9.17, 15) is 4.39 Å². The second kappa shape index (κ2) is 4.11. The summed E-state index contributed by atoms with van der Waals surface area (Å²) in [5.41, 5.74) is 0.0544. The molecule has 0 aliphatic carbocycles. The lowest BCUT2D eigenvalue weighted by molar-refractivity contribution is 0.191. The van der Waals surface area contributed by atoms with E-state index in [2.05, 4.69) is 23.5 Å². The molecule has 0 bridgehead atoms. The van der Waals surface area contributed by atoms with Gasteiger partial charge >= 0.3 is 0 Å². The molecule has 0 aromatic heterocycles. The molecule has 1 N–H and O–H groups in total. The lowest BCUT2D eigenvalue weighted by Crippen LogP contribution is -2.28. The molecule has 2 aromatic rings. The number of hydrogen-bond donors (Lipinski definition) is 1. The summed E-state index contributed by atoms with van der Waals surface area (Å²) in [4.78, 5) is 0. The molecular weight excluding hydrogens is 213 g/mol. The zero-order chi connectivity index (χ0) is 11.7. The highest BCUT2D eigenvalue weighted by Gasteiger charge is 2.33. The lowest BCUT2D eigenvalue weighted by Gasteiger charge is -2.19. The van der Waals surface area contributed by atoms with E-state index in [-0.39, 0.29) is 0 Å². The van der Waals surface area contributed by atoms with Crippen LogP contribution in [-0.4, -0.2) is 18.8 Å². The highest BCUT2D eigenvalue weighted by molar-refractivity contribution is 5.85. The van der Waals surface area contributed by atoms with Gasteiger partial charge in [0.1, 0.15) is 5.67 Å². The van der Waals surface area contributed by atoms with Gasteiger partial charge in [-0.3, -0.25) is 0 Å². The number of halogens is 1. The van der Waals surface area contributed by atoms with E-state index in [1.165, 1.54) is 10.8 Å². The van der Waals surface area contributed by atoms with Crippen molar-refractivity contribution in [1.29, 1.82) is 0 Å². The van der Waals surface area contributed by atoms with E-state index in [1.807, 2.05) is 24.3 Å². The van der Waals surface area contributed by atoms with Crippen molar-refractivity contribution in [3.8, 4) is 0 Å². The van der Waals surface area contributed by atoms with Crippen molar-refractivity contribution in [2.45, 2.75) is 18.5 Å². The minimum Gasteiger partial charge on any atom is -0.313 e. The average molecular weight is 229 g/mol. The van der Waals surface area contributed by atoms with E-state index in [0.717, 1.165) is 12.1 Å². The SMILES string of the molecule is FC1(Cc2cccc3ccccc23)CCNC1. The van der Waals surface area contributed by atoms with Crippen LogP contribution in [-0.2, 0) is 6.42 Å². The zero-order valence-electron chi connectivity index (χ0n) is 9.75. The smallest absolute Gasteiger partial charge is 0.128 e. The second-order valence-corrected chi connectivity index (χ2v) is 4.89. The Labute approximate surface area is 101 Å². The van der Waals surface area contributed by atoms with Gasteiger partial charge in [0.2, 0.25) is 0 Å². The molecule has 3 rings (SSSR count).